The van der Waals surface area contributed by atoms with Crippen LogP contribution in [-0.4, -0.2) is 69.5 Å². The molecular formula is C31H30N2O10. The van der Waals surface area contributed by atoms with E-state index in [0.717, 1.165) is 5.56 Å². The highest BCUT2D eigenvalue weighted by atomic mass is 16.5. The van der Waals surface area contributed by atoms with Gasteiger partial charge in [-0.25, -0.2) is 9.59 Å². The van der Waals surface area contributed by atoms with E-state index in [0.29, 0.717) is 23.1 Å². The van der Waals surface area contributed by atoms with Crippen molar-refractivity contribution in [2.75, 3.05) is 6.54 Å². The first kappa shape index (κ1) is 32.0. The highest BCUT2D eigenvalue weighted by molar-refractivity contribution is 6.09. The molecule has 0 unspecified atom stereocenters. The standard InChI is InChI=1S/C31H30N2O10/c34-25(14-15-26(35)36)33-24(18-20-6-10-22(11-7-20)27(37)21-4-2-1-3-5-21)29(38)32-17-16-19-8-12-23(13-9-19)43-28(30(39)40)31(41)42/h1-13,24,28H,14-18H2,(H,32,38)(H,33,34)(H,35,36)(H,39,40)(H,41,42)/t24-/m0/s1. The molecule has 3 rings (SSSR count). The van der Waals surface area contributed by atoms with Gasteiger partial charge in [-0.15, -0.1) is 0 Å². The van der Waals surface area contributed by atoms with E-state index in [1.165, 1.54) is 12.1 Å². The first-order chi connectivity index (χ1) is 20.5. The zero-order chi connectivity index (χ0) is 31.4. The maximum Gasteiger partial charge on any atom is 0.356 e. The molecule has 0 spiro atoms. The Kier molecular flexibility index (Phi) is 11.5. The average Bonchev–Trinajstić information content (AvgIpc) is 2.99. The minimum atomic E-state index is -2.05. The molecule has 0 aliphatic heterocycles. The molecule has 0 aliphatic rings. The number of rotatable bonds is 16. The van der Waals surface area contributed by atoms with Gasteiger partial charge >= 0.3 is 17.9 Å². The first-order valence-electron chi connectivity index (χ1n) is 13.2. The summed E-state index contributed by atoms with van der Waals surface area (Å²) >= 11 is 0. The Morgan fingerprint density at radius 3 is 1.86 bits per heavy atom. The third-order valence-corrected chi connectivity index (χ3v) is 6.25. The quantitative estimate of drug-likeness (QED) is 0.122. The van der Waals surface area contributed by atoms with Gasteiger partial charge in [0.15, 0.2) is 5.78 Å². The van der Waals surface area contributed by atoms with Crippen molar-refractivity contribution in [3.8, 4) is 5.75 Å². The third kappa shape index (κ3) is 10.1. The minimum absolute atomic E-state index is 0.0446. The van der Waals surface area contributed by atoms with Gasteiger partial charge in [-0.2, -0.15) is 0 Å². The summed E-state index contributed by atoms with van der Waals surface area (Å²) in [4.78, 5) is 71.0. The number of benzene rings is 3. The van der Waals surface area contributed by atoms with Gasteiger partial charge in [0, 0.05) is 30.5 Å². The SMILES string of the molecule is O=C(O)CCC(=O)N[C@@H](Cc1ccc(C(=O)c2ccccc2)cc1)C(=O)NCCc1ccc(OC(C(=O)O)C(=O)O)cc1. The smallest absolute Gasteiger partial charge is 0.356 e. The van der Waals surface area contributed by atoms with Crippen LogP contribution in [0.3, 0.4) is 0 Å². The lowest BCUT2D eigenvalue weighted by atomic mass is 9.99. The molecule has 5 N–H and O–H groups in total. The summed E-state index contributed by atoms with van der Waals surface area (Å²) in [5, 5.41) is 32.1. The van der Waals surface area contributed by atoms with Gasteiger partial charge in [-0.3, -0.25) is 19.2 Å². The molecule has 224 valence electrons. The Morgan fingerprint density at radius 1 is 0.698 bits per heavy atom. The van der Waals surface area contributed by atoms with Crippen LogP contribution in [0.25, 0.3) is 0 Å². The van der Waals surface area contributed by atoms with Gasteiger partial charge in [0.1, 0.15) is 11.8 Å². The van der Waals surface area contributed by atoms with Crippen molar-refractivity contribution in [1.82, 2.24) is 10.6 Å². The van der Waals surface area contributed by atoms with E-state index in [-0.39, 0.29) is 30.9 Å². The summed E-state index contributed by atoms with van der Waals surface area (Å²) in [6.45, 7) is 0.165. The van der Waals surface area contributed by atoms with E-state index in [1.807, 2.05) is 6.07 Å². The monoisotopic (exact) mass is 590 g/mol. The Labute approximate surface area is 246 Å². The van der Waals surface area contributed by atoms with Crippen LogP contribution in [0.15, 0.2) is 78.9 Å². The number of ether oxygens (including phenoxy) is 1. The highest BCUT2D eigenvalue weighted by Crippen LogP contribution is 2.15. The Balaban J connectivity index is 1.62. The first-order valence-corrected chi connectivity index (χ1v) is 13.2. The molecule has 0 aliphatic carbocycles. The molecule has 0 saturated heterocycles. The average molecular weight is 591 g/mol. The second-order valence-electron chi connectivity index (χ2n) is 9.47. The van der Waals surface area contributed by atoms with Crippen LogP contribution >= 0.6 is 0 Å². The van der Waals surface area contributed by atoms with Crippen molar-refractivity contribution in [1.29, 1.82) is 0 Å². The van der Waals surface area contributed by atoms with Crippen LogP contribution in [0.2, 0.25) is 0 Å². The molecule has 0 aromatic heterocycles. The molecule has 1 atom stereocenters. The fourth-order valence-corrected chi connectivity index (χ4v) is 4.01. The molecule has 12 heteroatoms. The highest BCUT2D eigenvalue weighted by Gasteiger charge is 2.28. The van der Waals surface area contributed by atoms with Gasteiger partial charge in [0.05, 0.1) is 6.42 Å². The Bertz CT molecular complexity index is 1440. The maximum atomic E-state index is 13.0. The van der Waals surface area contributed by atoms with Crippen molar-refractivity contribution in [3.63, 3.8) is 0 Å². The van der Waals surface area contributed by atoms with E-state index in [2.05, 4.69) is 10.6 Å². The number of aliphatic carboxylic acids is 3. The summed E-state index contributed by atoms with van der Waals surface area (Å²) in [7, 11) is 0. The van der Waals surface area contributed by atoms with E-state index >= 15 is 0 Å². The second-order valence-corrected chi connectivity index (χ2v) is 9.47. The fourth-order valence-electron chi connectivity index (χ4n) is 4.01. The van der Waals surface area contributed by atoms with E-state index in [9.17, 15) is 28.8 Å². The molecular weight excluding hydrogens is 560 g/mol. The largest absolute Gasteiger partial charge is 0.481 e. The lowest BCUT2D eigenvalue weighted by Crippen LogP contribution is -2.48. The molecule has 0 bridgehead atoms. The Morgan fingerprint density at radius 2 is 1.28 bits per heavy atom. The van der Waals surface area contributed by atoms with Gasteiger partial charge in [-0.05, 0) is 29.7 Å². The predicted molar refractivity (Wildman–Crippen MR) is 152 cm³/mol. The summed E-state index contributed by atoms with van der Waals surface area (Å²) in [5.41, 5.74) is 2.39. The number of hydrogen-bond acceptors (Lipinski definition) is 7. The molecule has 0 fully saturated rings. The van der Waals surface area contributed by atoms with Crippen molar-refractivity contribution in [2.45, 2.75) is 37.8 Å². The van der Waals surface area contributed by atoms with Crippen molar-refractivity contribution in [2.24, 2.45) is 0 Å². The van der Waals surface area contributed by atoms with Crippen LogP contribution < -0.4 is 15.4 Å². The lowest BCUT2D eigenvalue weighted by Gasteiger charge is -2.19. The third-order valence-electron chi connectivity index (χ3n) is 6.25. The number of ketones is 1. The number of carbonyl (C=O) groups excluding carboxylic acids is 3. The number of nitrogens with one attached hydrogen (secondary N) is 2. The zero-order valence-electron chi connectivity index (χ0n) is 22.9. The number of carbonyl (C=O) groups is 6. The van der Waals surface area contributed by atoms with Crippen molar-refractivity contribution < 1.29 is 48.8 Å². The van der Waals surface area contributed by atoms with Crippen LogP contribution in [0.4, 0.5) is 0 Å². The second kappa shape index (κ2) is 15.5. The summed E-state index contributed by atoms with van der Waals surface area (Å²) in [6, 6.07) is 20.4. The van der Waals surface area contributed by atoms with Gasteiger partial charge in [-0.1, -0.05) is 66.7 Å². The Hall–Kier alpha value is -5.52. The molecule has 0 saturated carbocycles. The van der Waals surface area contributed by atoms with Crippen LogP contribution in [0.5, 0.6) is 5.75 Å². The number of hydrogen-bond donors (Lipinski definition) is 5. The summed E-state index contributed by atoms with van der Waals surface area (Å²) in [5.74, 6) is -5.64. The van der Waals surface area contributed by atoms with E-state index in [1.54, 1.807) is 60.7 Å². The molecule has 3 aromatic rings. The number of carboxylic acid groups (broad SMARTS) is 3. The van der Waals surface area contributed by atoms with Crippen LogP contribution in [0, 0.1) is 0 Å². The predicted octanol–water partition coefficient (Wildman–Crippen LogP) is 2.09. The van der Waals surface area contributed by atoms with Gasteiger partial charge in [0.25, 0.3) is 6.10 Å². The molecule has 3 aromatic carbocycles. The maximum absolute atomic E-state index is 13.0. The number of carboxylic acids is 3. The van der Waals surface area contributed by atoms with Crippen molar-refractivity contribution >= 4 is 35.5 Å². The van der Waals surface area contributed by atoms with Gasteiger partial charge < -0.3 is 30.7 Å². The minimum Gasteiger partial charge on any atom is -0.481 e. The van der Waals surface area contributed by atoms with Gasteiger partial charge in [0.2, 0.25) is 11.8 Å². The molecule has 0 radical (unpaired) electrons. The van der Waals surface area contributed by atoms with E-state index in [4.69, 9.17) is 20.1 Å². The van der Waals surface area contributed by atoms with Crippen LogP contribution in [0.1, 0.15) is 39.9 Å². The lowest BCUT2D eigenvalue weighted by molar-refractivity contribution is -0.159. The van der Waals surface area contributed by atoms with E-state index < -0.39 is 48.3 Å². The summed E-state index contributed by atoms with van der Waals surface area (Å²) in [6.07, 6.45) is -2.31. The normalized spacial score (nSPS) is 11.3. The molecule has 0 heterocycles. The molecule has 43 heavy (non-hydrogen) atoms. The zero-order valence-corrected chi connectivity index (χ0v) is 22.9. The van der Waals surface area contributed by atoms with Crippen LogP contribution in [-0.2, 0) is 36.8 Å². The van der Waals surface area contributed by atoms with Crippen molar-refractivity contribution in [3.05, 3.63) is 101 Å². The molecule has 2 amide bonds. The fraction of sp³-hybridized carbons (Fsp3) is 0.226. The molecule has 12 nitrogen and oxygen atoms in total. The topological polar surface area (TPSA) is 196 Å². The summed E-state index contributed by atoms with van der Waals surface area (Å²) < 4.78 is 4.97. The number of amides is 2.